The maximum Gasteiger partial charge on any atom is 0.272 e. The van der Waals surface area contributed by atoms with Crippen LogP contribution in [-0.4, -0.2) is 43.6 Å². The number of nitro groups is 1. The fraction of sp³-hybridized carbons (Fsp3) is 0.571. The Kier molecular flexibility index (Phi) is 4.54. The van der Waals surface area contributed by atoms with Crippen LogP contribution in [0, 0.1) is 21.8 Å². The van der Waals surface area contributed by atoms with Crippen molar-refractivity contribution in [3.63, 3.8) is 0 Å². The summed E-state index contributed by atoms with van der Waals surface area (Å²) in [6, 6.07) is 3.82. The molecule has 0 N–H and O–H groups in total. The summed E-state index contributed by atoms with van der Waals surface area (Å²) in [5.41, 5.74) is 0.209. The van der Waals surface area contributed by atoms with Gasteiger partial charge in [0, 0.05) is 26.2 Å². The Morgan fingerprint density at radius 1 is 1.55 bits per heavy atom. The molecule has 1 atom stereocenters. The lowest BCUT2D eigenvalue weighted by Gasteiger charge is -2.33. The molecule has 0 radical (unpaired) electrons. The smallest absolute Gasteiger partial charge is 0.272 e. The molecule has 1 heterocycles. The molecule has 0 spiro atoms. The third-order valence-electron chi connectivity index (χ3n) is 3.81. The molecule has 5 nitrogen and oxygen atoms in total. The number of piperidine rings is 1. The molecule has 1 unspecified atom stereocenters. The van der Waals surface area contributed by atoms with Crippen molar-refractivity contribution in [2.75, 3.05) is 38.6 Å². The fourth-order valence-electron chi connectivity index (χ4n) is 2.83. The van der Waals surface area contributed by atoms with Gasteiger partial charge in [-0.3, -0.25) is 10.1 Å². The van der Waals surface area contributed by atoms with Crippen molar-refractivity contribution >= 4 is 11.4 Å². The molecule has 1 saturated heterocycles. The summed E-state index contributed by atoms with van der Waals surface area (Å²) < 4.78 is 13.9. The zero-order chi connectivity index (χ0) is 14.7. The van der Waals surface area contributed by atoms with Crippen LogP contribution in [0.15, 0.2) is 18.2 Å². The van der Waals surface area contributed by atoms with E-state index in [-0.39, 0.29) is 5.69 Å². The number of anilines is 1. The molecule has 0 amide bonds. The lowest BCUT2D eigenvalue weighted by Crippen LogP contribution is -2.38. The Bertz CT molecular complexity index is 495. The number of hydrogen-bond donors (Lipinski definition) is 0. The number of rotatable bonds is 4. The predicted molar refractivity (Wildman–Crippen MR) is 76.5 cm³/mol. The Labute approximate surface area is 118 Å². The van der Waals surface area contributed by atoms with Gasteiger partial charge in [0.15, 0.2) is 5.82 Å². The summed E-state index contributed by atoms with van der Waals surface area (Å²) in [4.78, 5) is 14.2. The zero-order valence-corrected chi connectivity index (χ0v) is 11.9. The Hall–Kier alpha value is -1.69. The normalized spacial score (nSPS) is 19.9. The number of benzene rings is 1. The highest BCUT2D eigenvalue weighted by atomic mass is 19.1. The first-order chi connectivity index (χ1) is 9.47. The maximum atomic E-state index is 13.9. The van der Waals surface area contributed by atoms with Gasteiger partial charge in [-0.15, -0.1) is 0 Å². The van der Waals surface area contributed by atoms with E-state index in [1.165, 1.54) is 12.1 Å². The van der Waals surface area contributed by atoms with Gasteiger partial charge in [0.05, 0.1) is 16.7 Å². The zero-order valence-electron chi connectivity index (χ0n) is 11.9. The fourth-order valence-corrected chi connectivity index (χ4v) is 2.83. The summed E-state index contributed by atoms with van der Waals surface area (Å²) in [7, 11) is 3.93. The summed E-state index contributed by atoms with van der Waals surface area (Å²) in [6.45, 7) is 2.89. The van der Waals surface area contributed by atoms with Gasteiger partial charge in [-0.2, -0.15) is 0 Å². The monoisotopic (exact) mass is 281 g/mol. The number of non-ortho nitro benzene ring substituents is 1. The Balaban J connectivity index is 2.05. The number of halogens is 1. The first-order valence-corrected chi connectivity index (χ1v) is 6.81. The number of nitro benzene ring substituents is 1. The van der Waals surface area contributed by atoms with Crippen molar-refractivity contribution in [3.05, 3.63) is 34.1 Å². The molecule has 1 fully saturated rings. The van der Waals surface area contributed by atoms with Crippen molar-refractivity contribution in [1.29, 1.82) is 0 Å². The van der Waals surface area contributed by atoms with Crippen molar-refractivity contribution in [2.24, 2.45) is 5.92 Å². The molecular weight excluding hydrogens is 261 g/mol. The second-order valence-electron chi connectivity index (χ2n) is 5.54. The molecule has 1 aromatic carbocycles. The van der Waals surface area contributed by atoms with Crippen LogP contribution in [0.5, 0.6) is 0 Å². The first kappa shape index (κ1) is 14.7. The van der Waals surface area contributed by atoms with Crippen LogP contribution in [0.25, 0.3) is 0 Å². The third-order valence-corrected chi connectivity index (χ3v) is 3.81. The van der Waals surface area contributed by atoms with Crippen molar-refractivity contribution in [3.8, 4) is 0 Å². The summed E-state index contributed by atoms with van der Waals surface area (Å²) in [5, 5.41) is 10.6. The van der Waals surface area contributed by atoms with Crippen molar-refractivity contribution < 1.29 is 9.31 Å². The van der Waals surface area contributed by atoms with E-state index in [9.17, 15) is 14.5 Å². The van der Waals surface area contributed by atoms with E-state index >= 15 is 0 Å². The van der Waals surface area contributed by atoms with Gasteiger partial charge in [0.25, 0.3) is 5.69 Å². The molecule has 0 aromatic heterocycles. The molecular formula is C14H20FN3O2. The molecule has 0 saturated carbocycles. The van der Waals surface area contributed by atoms with Crippen LogP contribution in [0.3, 0.4) is 0 Å². The Morgan fingerprint density at radius 3 is 2.90 bits per heavy atom. The number of nitrogens with zero attached hydrogens (tertiary/aromatic N) is 3. The highest BCUT2D eigenvalue weighted by Gasteiger charge is 2.20. The number of hydrogen-bond acceptors (Lipinski definition) is 4. The molecule has 1 aliphatic heterocycles. The predicted octanol–water partition coefficient (Wildman–Crippen LogP) is 2.51. The van der Waals surface area contributed by atoms with Gasteiger partial charge in [-0.1, -0.05) is 0 Å². The third kappa shape index (κ3) is 3.45. The van der Waals surface area contributed by atoms with E-state index < -0.39 is 10.7 Å². The van der Waals surface area contributed by atoms with E-state index in [1.54, 1.807) is 0 Å². The lowest BCUT2D eigenvalue weighted by molar-refractivity contribution is -0.385. The average Bonchev–Trinajstić information content (AvgIpc) is 2.38. The van der Waals surface area contributed by atoms with Gasteiger partial charge >= 0.3 is 0 Å². The topological polar surface area (TPSA) is 49.6 Å². The van der Waals surface area contributed by atoms with Crippen LogP contribution in [-0.2, 0) is 0 Å². The van der Waals surface area contributed by atoms with Crippen LogP contribution in [0.1, 0.15) is 12.8 Å². The maximum absolute atomic E-state index is 13.9. The van der Waals surface area contributed by atoms with Gasteiger partial charge in [-0.05, 0) is 38.4 Å². The highest BCUT2D eigenvalue weighted by Crippen LogP contribution is 2.25. The molecule has 20 heavy (non-hydrogen) atoms. The standard InChI is InChI=1S/C14H20FN3O2/c1-16-7-3-4-11(9-16)10-17(2)14-6-5-12(18(19)20)8-13(14)15/h5-6,8,11H,3-4,7,9-10H2,1-2H3. The first-order valence-electron chi connectivity index (χ1n) is 6.81. The van der Waals surface area contributed by atoms with Crippen LogP contribution < -0.4 is 4.90 Å². The molecule has 110 valence electrons. The van der Waals surface area contributed by atoms with Gasteiger partial charge in [-0.25, -0.2) is 4.39 Å². The van der Waals surface area contributed by atoms with Gasteiger partial charge in [0.1, 0.15) is 0 Å². The van der Waals surface area contributed by atoms with Gasteiger partial charge < -0.3 is 9.80 Å². The van der Waals surface area contributed by atoms with E-state index in [2.05, 4.69) is 11.9 Å². The minimum absolute atomic E-state index is 0.211. The molecule has 1 aliphatic rings. The van der Waals surface area contributed by atoms with E-state index in [0.29, 0.717) is 11.6 Å². The van der Waals surface area contributed by atoms with E-state index in [1.807, 2.05) is 11.9 Å². The molecule has 0 bridgehead atoms. The second kappa shape index (κ2) is 6.17. The largest absolute Gasteiger partial charge is 0.372 e. The lowest BCUT2D eigenvalue weighted by atomic mass is 9.98. The van der Waals surface area contributed by atoms with Crippen molar-refractivity contribution in [1.82, 2.24) is 4.90 Å². The molecule has 6 heteroatoms. The van der Waals surface area contributed by atoms with E-state index in [4.69, 9.17) is 0 Å². The minimum atomic E-state index is -0.580. The Morgan fingerprint density at radius 2 is 2.30 bits per heavy atom. The summed E-state index contributed by atoms with van der Waals surface area (Å²) >= 11 is 0. The summed E-state index contributed by atoms with van der Waals surface area (Å²) in [5.74, 6) is -0.0285. The SMILES string of the molecule is CN1CCCC(CN(C)c2ccc([N+](=O)[O-])cc2F)C1. The van der Waals surface area contributed by atoms with Crippen LogP contribution >= 0.6 is 0 Å². The van der Waals surface area contributed by atoms with E-state index in [0.717, 1.165) is 38.5 Å². The molecule has 0 aliphatic carbocycles. The second-order valence-corrected chi connectivity index (χ2v) is 5.54. The summed E-state index contributed by atoms with van der Waals surface area (Å²) in [6.07, 6.45) is 2.31. The van der Waals surface area contributed by atoms with Crippen molar-refractivity contribution in [2.45, 2.75) is 12.8 Å². The minimum Gasteiger partial charge on any atom is -0.372 e. The highest BCUT2D eigenvalue weighted by molar-refractivity contribution is 5.51. The van der Waals surface area contributed by atoms with Gasteiger partial charge in [0.2, 0.25) is 0 Å². The molecule has 1 aromatic rings. The van der Waals surface area contributed by atoms with Crippen LogP contribution in [0.4, 0.5) is 15.8 Å². The molecule has 2 rings (SSSR count). The van der Waals surface area contributed by atoms with Crippen LogP contribution in [0.2, 0.25) is 0 Å². The number of likely N-dealkylation sites (tertiary alicyclic amines) is 1. The average molecular weight is 281 g/mol. The quantitative estimate of drug-likeness (QED) is 0.628.